The minimum Gasteiger partial charge on any atom is -0.497 e. The lowest BCUT2D eigenvalue weighted by Gasteiger charge is -2.15. The predicted octanol–water partition coefficient (Wildman–Crippen LogP) is 9.86. The first-order valence-electron chi connectivity index (χ1n) is 17.5. The van der Waals surface area contributed by atoms with Gasteiger partial charge in [-0.15, -0.1) is 0 Å². The molecular weight excluding hydrogens is 741 g/mol. The Morgan fingerprint density at radius 3 is 1.53 bits per heavy atom. The average Bonchev–Trinajstić information content (AvgIpc) is 3.24. The number of anilines is 1. The molecule has 0 bridgehead atoms. The third-order valence-electron chi connectivity index (χ3n) is 8.19. The van der Waals surface area contributed by atoms with Crippen LogP contribution in [0.5, 0.6) is 23.0 Å². The molecule has 0 aliphatic carbocycles. The van der Waals surface area contributed by atoms with Crippen LogP contribution >= 0.6 is 7.60 Å². The molecule has 0 aliphatic rings. The van der Waals surface area contributed by atoms with E-state index in [1.165, 1.54) is 6.66 Å². The van der Waals surface area contributed by atoms with Crippen molar-refractivity contribution < 1.29 is 33.0 Å². The quantitative estimate of drug-likeness (QED) is 0.133. The van der Waals surface area contributed by atoms with Crippen molar-refractivity contribution in [3.8, 4) is 45.5 Å². The standard InChI is InChI=1S/C16H12N2O3.C15H13N3O.C13H13O3P/c1-21-11-5-2-4-10(8-11)14-9-13(16(19)20)12-6-3-7-17-15(12)18-14;1-19-11-5-2-4-10(8-11)14-9-13(16)12-6-3-7-17-15(12)18-14;1-17(14,15-12-8-4-2-5-9-12)16-13-10-6-3-7-11-13/h2-9H,1H3,(H,19,20);2-9H,1H3,(H2,16,17,18);2-11H,1H3. The number of carboxylic acid groups (broad SMARTS) is 1. The van der Waals surface area contributed by atoms with Gasteiger partial charge < -0.3 is 29.4 Å². The van der Waals surface area contributed by atoms with E-state index in [1.807, 2.05) is 103 Å². The fourth-order valence-electron chi connectivity index (χ4n) is 5.54. The van der Waals surface area contributed by atoms with E-state index >= 15 is 0 Å². The smallest absolute Gasteiger partial charge is 0.427 e. The van der Waals surface area contributed by atoms with E-state index in [4.69, 9.17) is 24.3 Å². The van der Waals surface area contributed by atoms with Crippen molar-refractivity contribution in [2.24, 2.45) is 0 Å². The Labute approximate surface area is 329 Å². The van der Waals surface area contributed by atoms with Gasteiger partial charge in [-0.05, 0) is 84.9 Å². The topological polar surface area (TPSA) is 169 Å². The highest BCUT2D eigenvalue weighted by atomic mass is 31.2. The first-order chi connectivity index (χ1) is 27.6. The molecule has 4 heterocycles. The molecule has 8 aromatic rings. The average molecular weight is 780 g/mol. The Balaban J connectivity index is 0.000000145. The van der Waals surface area contributed by atoms with E-state index in [0.29, 0.717) is 45.3 Å². The highest BCUT2D eigenvalue weighted by Crippen LogP contribution is 2.44. The lowest BCUT2D eigenvalue weighted by atomic mass is 10.1. The Kier molecular flexibility index (Phi) is 12.7. The summed E-state index contributed by atoms with van der Waals surface area (Å²) in [5.41, 5.74) is 11.1. The summed E-state index contributed by atoms with van der Waals surface area (Å²) >= 11 is 0. The molecule has 0 spiro atoms. The van der Waals surface area contributed by atoms with Gasteiger partial charge in [-0.2, -0.15) is 0 Å². The van der Waals surface area contributed by atoms with Gasteiger partial charge in [-0.1, -0.05) is 60.7 Å². The van der Waals surface area contributed by atoms with Gasteiger partial charge >= 0.3 is 13.6 Å². The van der Waals surface area contributed by atoms with Crippen LogP contribution < -0.4 is 24.3 Å². The summed E-state index contributed by atoms with van der Waals surface area (Å²) in [7, 11) is 0.0859. The molecular formula is C44H38N5O7P. The Bertz CT molecular complexity index is 2620. The summed E-state index contributed by atoms with van der Waals surface area (Å²) in [6.45, 7) is 1.45. The number of hydrogen-bond donors (Lipinski definition) is 2. The highest BCUT2D eigenvalue weighted by molar-refractivity contribution is 7.53. The maximum Gasteiger partial charge on any atom is 0.427 e. The van der Waals surface area contributed by atoms with Gasteiger partial charge in [0.25, 0.3) is 0 Å². The normalized spacial score (nSPS) is 10.6. The number of carboxylic acids is 1. The van der Waals surface area contributed by atoms with E-state index < -0.39 is 13.6 Å². The van der Waals surface area contributed by atoms with Gasteiger partial charge in [0, 0.05) is 40.0 Å². The number of nitrogen functional groups attached to an aromatic ring is 1. The monoisotopic (exact) mass is 779 g/mol. The molecule has 4 aromatic heterocycles. The number of aromatic carboxylic acids is 1. The fraction of sp³-hybridized carbons (Fsp3) is 0.0682. The molecule has 13 heteroatoms. The van der Waals surface area contributed by atoms with Crippen LogP contribution in [0.25, 0.3) is 44.6 Å². The summed E-state index contributed by atoms with van der Waals surface area (Å²) in [6, 6.07) is 43.6. The zero-order chi connectivity index (χ0) is 40.2. The molecule has 3 N–H and O–H groups in total. The lowest BCUT2D eigenvalue weighted by molar-refractivity contribution is 0.0699. The molecule has 0 radical (unpaired) electrons. The minimum absolute atomic E-state index is 0.186. The third-order valence-corrected chi connectivity index (χ3v) is 9.28. The van der Waals surface area contributed by atoms with E-state index in [-0.39, 0.29) is 5.56 Å². The van der Waals surface area contributed by atoms with Gasteiger partial charge in [0.1, 0.15) is 23.0 Å². The number of benzene rings is 4. The van der Waals surface area contributed by atoms with Crippen molar-refractivity contribution in [1.82, 2.24) is 19.9 Å². The first kappa shape index (κ1) is 39.4. The van der Waals surface area contributed by atoms with Gasteiger partial charge in [-0.3, -0.25) is 0 Å². The molecule has 0 amide bonds. The second-order valence-corrected chi connectivity index (χ2v) is 14.2. The summed E-state index contributed by atoms with van der Waals surface area (Å²) in [4.78, 5) is 28.8. The number of ether oxygens (including phenoxy) is 2. The number of fused-ring (bicyclic) bond motifs is 2. The zero-order valence-corrected chi connectivity index (χ0v) is 32.1. The van der Waals surface area contributed by atoms with Crippen LogP contribution in [0.2, 0.25) is 0 Å². The second-order valence-electron chi connectivity index (χ2n) is 12.2. The second kappa shape index (κ2) is 18.4. The number of para-hydroxylation sites is 2. The van der Waals surface area contributed by atoms with Gasteiger partial charge in [0.15, 0.2) is 11.3 Å². The van der Waals surface area contributed by atoms with Gasteiger partial charge in [-0.25, -0.2) is 29.3 Å². The van der Waals surface area contributed by atoms with Crippen molar-refractivity contribution in [1.29, 1.82) is 0 Å². The number of aromatic nitrogens is 4. The van der Waals surface area contributed by atoms with Gasteiger partial charge in [0.05, 0.1) is 37.8 Å². The van der Waals surface area contributed by atoms with Crippen molar-refractivity contribution in [2.45, 2.75) is 0 Å². The SMILES string of the molecule is COc1cccc(-c2cc(C(=O)O)c3cccnc3n2)c1.COc1cccc(-c2cc(N)c3cccnc3n2)c1.CP(=O)(Oc1ccccc1)Oc1ccccc1. The van der Waals surface area contributed by atoms with Crippen LogP contribution in [-0.2, 0) is 4.57 Å². The van der Waals surface area contributed by atoms with Crippen LogP contribution in [0.15, 0.2) is 158 Å². The minimum atomic E-state index is -3.14. The zero-order valence-electron chi connectivity index (χ0n) is 31.2. The fourth-order valence-corrected chi connectivity index (χ4v) is 6.59. The Hall–Kier alpha value is -7.30. The molecule has 0 saturated heterocycles. The molecule has 57 heavy (non-hydrogen) atoms. The molecule has 0 saturated carbocycles. The number of pyridine rings is 4. The van der Waals surface area contributed by atoms with Crippen LogP contribution in [0, 0.1) is 0 Å². The first-order valence-corrected chi connectivity index (χ1v) is 19.5. The maximum absolute atomic E-state index is 12.1. The molecule has 8 rings (SSSR count). The summed E-state index contributed by atoms with van der Waals surface area (Å²) in [6.07, 6.45) is 3.31. The molecule has 12 nitrogen and oxygen atoms in total. The number of nitrogens with zero attached hydrogens (tertiary/aromatic N) is 4. The van der Waals surface area contributed by atoms with Crippen molar-refractivity contribution >= 4 is 41.3 Å². The van der Waals surface area contributed by atoms with E-state index in [0.717, 1.165) is 28.0 Å². The van der Waals surface area contributed by atoms with Crippen LogP contribution in [0.3, 0.4) is 0 Å². The van der Waals surface area contributed by atoms with E-state index in [9.17, 15) is 14.5 Å². The summed E-state index contributed by atoms with van der Waals surface area (Å²) in [5, 5.41) is 10.8. The predicted molar refractivity (Wildman–Crippen MR) is 222 cm³/mol. The highest BCUT2D eigenvalue weighted by Gasteiger charge is 2.20. The van der Waals surface area contributed by atoms with Crippen LogP contribution in [0.1, 0.15) is 10.4 Å². The Morgan fingerprint density at radius 2 is 1.04 bits per heavy atom. The number of hydrogen-bond acceptors (Lipinski definition) is 11. The van der Waals surface area contributed by atoms with Crippen LogP contribution in [-0.4, -0.2) is 51.9 Å². The third kappa shape index (κ3) is 10.5. The van der Waals surface area contributed by atoms with Crippen molar-refractivity contribution in [3.05, 3.63) is 164 Å². The number of rotatable bonds is 9. The maximum atomic E-state index is 12.1. The molecule has 0 fully saturated rings. The van der Waals surface area contributed by atoms with E-state index in [1.54, 1.807) is 69.1 Å². The Morgan fingerprint density at radius 1 is 0.579 bits per heavy atom. The largest absolute Gasteiger partial charge is 0.497 e. The molecule has 286 valence electrons. The number of nitrogens with two attached hydrogens (primary N) is 1. The molecule has 4 aromatic carbocycles. The molecule has 0 atom stereocenters. The number of carbonyl (C=O) groups is 1. The lowest BCUT2D eigenvalue weighted by Crippen LogP contribution is -2.01. The van der Waals surface area contributed by atoms with Crippen molar-refractivity contribution in [3.63, 3.8) is 0 Å². The van der Waals surface area contributed by atoms with Gasteiger partial charge in [0.2, 0.25) is 0 Å². The van der Waals surface area contributed by atoms with E-state index in [2.05, 4.69) is 19.9 Å². The molecule has 0 unspecified atom stereocenters. The number of methoxy groups -OCH3 is 2. The van der Waals surface area contributed by atoms with Crippen LogP contribution in [0.4, 0.5) is 5.69 Å². The summed E-state index contributed by atoms with van der Waals surface area (Å²) < 4.78 is 33.2. The van der Waals surface area contributed by atoms with Crippen molar-refractivity contribution in [2.75, 3.05) is 26.6 Å². The molecule has 0 aliphatic heterocycles. The summed E-state index contributed by atoms with van der Waals surface area (Å²) in [5.74, 6) is 1.55.